The Labute approximate surface area is 211 Å². The topological polar surface area (TPSA) is 108 Å². The number of nitrogens with zero attached hydrogens (tertiary/aromatic N) is 4. The number of hydrazine groups is 2. The minimum atomic E-state index is -5.64. The monoisotopic (exact) mass is 550 g/mol. The summed E-state index contributed by atoms with van der Waals surface area (Å²) < 4.78 is 79.4. The zero-order valence-corrected chi connectivity index (χ0v) is 20.4. The van der Waals surface area contributed by atoms with Gasteiger partial charge in [0.25, 0.3) is 23.6 Å². The lowest BCUT2D eigenvalue weighted by Gasteiger charge is -2.29. The Morgan fingerprint density at radius 2 is 1.08 bits per heavy atom. The molecule has 10 nitrogen and oxygen atoms in total. The summed E-state index contributed by atoms with van der Waals surface area (Å²) in [6.07, 6.45) is -12.2. The fraction of sp³-hybridized carbons (Fsp3) is 0.318. The molecular formula is C22H20F6N4O6. The molecule has 0 atom stereocenters. The second-order valence-electron chi connectivity index (χ2n) is 8.05. The van der Waals surface area contributed by atoms with Crippen LogP contribution in [0.25, 0.3) is 0 Å². The number of carbonyl (C=O) groups excluding carboxylic acids is 5. The van der Waals surface area contributed by atoms with Crippen LogP contribution in [0.2, 0.25) is 0 Å². The molecule has 16 heteroatoms. The highest BCUT2D eigenvalue weighted by Gasteiger charge is 2.63. The lowest BCUT2D eigenvalue weighted by molar-refractivity contribution is -0.361. The first-order chi connectivity index (χ1) is 17.3. The molecule has 0 bridgehead atoms. The number of hydrogen-bond donors (Lipinski definition) is 0. The number of benzene rings is 1. The van der Waals surface area contributed by atoms with E-state index in [0.717, 1.165) is 18.9 Å². The smallest absolute Gasteiger partial charge is 0.409 e. The van der Waals surface area contributed by atoms with Crippen molar-refractivity contribution < 1.29 is 55.1 Å². The Bertz CT molecular complexity index is 1200. The number of halogens is 6. The van der Waals surface area contributed by atoms with Gasteiger partial charge in [-0.05, 0) is 39.8 Å². The van der Waals surface area contributed by atoms with E-state index >= 15 is 0 Å². The van der Waals surface area contributed by atoms with Crippen molar-refractivity contribution in [3.63, 3.8) is 0 Å². The van der Waals surface area contributed by atoms with Gasteiger partial charge in [-0.1, -0.05) is 29.3 Å². The SMILES string of the molecule is CC(C)=C1C(=O)N(C(F)(F)F)N(C(F)(F)F)C1=O.CC(C)=C1C(=O)N(C)N(C(=O)Oc2ccccc2)C1=O. The van der Waals surface area contributed by atoms with Crippen LogP contribution < -0.4 is 4.74 Å². The van der Waals surface area contributed by atoms with Crippen molar-refractivity contribution >= 4 is 29.7 Å². The molecule has 38 heavy (non-hydrogen) atoms. The number of amides is 5. The molecule has 0 spiro atoms. The maximum Gasteiger partial charge on any atom is 0.506 e. The molecule has 0 unspecified atom stereocenters. The number of imide groups is 1. The van der Waals surface area contributed by atoms with Crippen molar-refractivity contribution in [2.75, 3.05) is 7.05 Å². The third-order valence-corrected chi connectivity index (χ3v) is 4.83. The van der Waals surface area contributed by atoms with Crippen LogP contribution in [0.4, 0.5) is 31.1 Å². The van der Waals surface area contributed by atoms with E-state index in [0.29, 0.717) is 16.3 Å². The predicted octanol–water partition coefficient (Wildman–Crippen LogP) is 3.69. The van der Waals surface area contributed by atoms with E-state index in [1.165, 1.54) is 7.05 Å². The van der Waals surface area contributed by atoms with Gasteiger partial charge in [0.15, 0.2) is 0 Å². The van der Waals surface area contributed by atoms with Crippen LogP contribution in [-0.4, -0.2) is 69.4 Å². The first-order valence-electron chi connectivity index (χ1n) is 10.4. The minimum Gasteiger partial charge on any atom is -0.409 e. The van der Waals surface area contributed by atoms with E-state index in [1.807, 2.05) is 0 Å². The maximum absolute atomic E-state index is 12.4. The molecule has 0 radical (unpaired) electrons. The van der Waals surface area contributed by atoms with E-state index in [9.17, 15) is 50.3 Å². The Morgan fingerprint density at radius 1 is 0.684 bits per heavy atom. The van der Waals surface area contributed by atoms with Crippen LogP contribution in [0, 0.1) is 0 Å². The molecule has 2 heterocycles. The van der Waals surface area contributed by atoms with E-state index in [4.69, 9.17) is 4.74 Å². The molecule has 206 valence electrons. The molecule has 5 amide bonds. The Kier molecular flexibility index (Phi) is 8.29. The number of allylic oxidation sites excluding steroid dienone is 2. The number of likely N-dealkylation sites (N-methyl/N-ethyl adjacent to an activating group) is 1. The summed E-state index contributed by atoms with van der Waals surface area (Å²) >= 11 is 0. The summed E-state index contributed by atoms with van der Waals surface area (Å²) in [5.74, 6) is -4.95. The second-order valence-corrected chi connectivity index (χ2v) is 8.05. The third-order valence-electron chi connectivity index (χ3n) is 4.83. The summed E-state index contributed by atoms with van der Waals surface area (Å²) in [7, 11) is 1.35. The summed E-state index contributed by atoms with van der Waals surface area (Å²) in [5.41, 5.74) is -0.810. The molecule has 0 aromatic heterocycles. The highest BCUT2D eigenvalue weighted by molar-refractivity contribution is 6.26. The average molecular weight is 550 g/mol. The zero-order valence-electron chi connectivity index (χ0n) is 20.4. The summed E-state index contributed by atoms with van der Waals surface area (Å²) in [6, 6.07) is 8.34. The van der Waals surface area contributed by atoms with Crippen LogP contribution in [0.1, 0.15) is 27.7 Å². The first kappa shape index (κ1) is 29.9. The molecule has 0 saturated carbocycles. The molecule has 2 aliphatic rings. The number of ether oxygens (including phenoxy) is 1. The molecule has 3 rings (SSSR count). The van der Waals surface area contributed by atoms with Crippen molar-refractivity contribution in [3.05, 3.63) is 52.6 Å². The first-order valence-corrected chi connectivity index (χ1v) is 10.4. The van der Waals surface area contributed by atoms with Crippen LogP contribution in [0.15, 0.2) is 52.6 Å². The summed E-state index contributed by atoms with van der Waals surface area (Å²) in [5, 5.41) is -1.44. The summed E-state index contributed by atoms with van der Waals surface area (Å²) in [4.78, 5) is 58.5. The van der Waals surface area contributed by atoms with Crippen molar-refractivity contribution in [1.82, 2.24) is 20.0 Å². The van der Waals surface area contributed by atoms with Gasteiger partial charge in [-0.25, -0.2) is 9.80 Å². The van der Waals surface area contributed by atoms with Gasteiger partial charge in [-0.15, -0.1) is 41.4 Å². The Hall–Kier alpha value is -4.37. The molecular weight excluding hydrogens is 530 g/mol. The van der Waals surface area contributed by atoms with Crippen LogP contribution in [0.3, 0.4) is 0 Å². The largest absolute Gasteiger partial charge is 0.506 e. The van der Waals surface area contributed by atoms with Crippen molar-refractivity contribution in [2.45, 2.75) is 40.3 Å². The standard InChI is InChI=1S/C14H14N2O4.C8H6F6N2O2/c1-9(2)11-12(17)15(3)16(13(11)18)14(19)20-10-7-5-4-6-8-10;1-3(2)4-5(17)15(7(9,10)11)16(6(4)18)8(12,13)14/h4-8H,1-3H3;1-2H3. The van der Waals surface area contributed by atoms with Gasteiger partial charge in [0, 0.05) is 7.05 Å². The van der Waals surface area contributed by atoms with Crippen molar-refractivity contribution in [1.29, 1.82) is 0 Å². The second kappa shape index (κ2) is 10.5. The fourth-order valence-corrected chi connectivity index (χ4v) is 3.22. The summed E-state index contributed by atoms with van der Waals surface area (Å²) in [6.45, 7) is 5.43. The van der Waals surface area contributed by atoms with Gasteiger partial charge in [-0.2, -0.15) is 0 Å². The highest BCUT2D eigenvalue weighted by atomic mass is 19.4. The van der Waals surface area contributed by atoms with Crippen LogP contribution in [0.5, 0.6) is 5.75 Å². The molecule has 0 aliphatic carbocycles. The Morgan fingerprint density at radius 3 is 1.42 bits per heavy atom. The third kappa shape index (κ3) is 5.78. The van der Waals surface area contributed by atoms with Gasteiger partial charge >= 0.3 is 18.7 Å². The number of hydrogen-bond acceptors (Lipinski definition) is 6. The van der Waals surface area contributed by atoms with Crippen LogP contribution >= 0.6 is 0 Å². The van der Waals surface area contributed by atoms with E-state index in [1.54, 1.807) is 44.2 Å². The average Bonchev–Trinajstić information content (AvgIpc) is 3.17. The molecule has 1 aromatic carbocycles. The van der Waals surface area contributed by atoms with E-state index in [2.05, 4.69) is 0 Å². The lowest BCUT2D eigenvalue weighted by Crippen LogP contribution is -2.55. The maximum atomic E-state index is 12.4. The number of carbonyl (C=O) groups is 5. The number of para-hydroxylation sites is 1. The van der Waals surface area contributed by atoms with E-state index < -0.39 is 57.9 Å². The zero-order chi connectivity index (χ0) is 29.3. The molecule has 2 fully saturated rings. The highest BCUT2D eigenvalue weighted by Crippen LogP contribution is 2.39. The van der Waals surface area contributed by atoms with Gasteiger partial charge in [0.05, 0.1) is 0 Å². The Balaban J connectivity index is 0.000000269. The van der Waals surface area contributed by atoms with Crippen molar-refractivity contribution in [2.24, 2.45) is 0 Å². The molecule has 1 aromatic rings. The van der Waals surface area contributed by atoms with E-state index in [-0.39, 0.29) is 11.1 Å². The molecule has 0 N–H and O–H groups in total. The number of alkyl halides is 6. The minimum absolute atomic E-state index is 0.00230. The van der Waals surface area contributed by atoms with Crippen molar-refractivity contribution in [3.8, 4) is 5.75 Å². The van der Waals surface area contributed by atoms with Gasteiger partial charge in [0.2, 0.25) is 0 Å². The van der Waals surface area contributed by atoms with Gasteiger partial charge in [0.1, 0.15) is 16.9 Å². The number of rotatable bonds is 1. The van der Waals surface area contributed by atoms with Gasteiger partial charge in [-0.3, -0.25) is 19.2 Å². The fourth-order valence-electron chi connectivity index (χ4n) is 3.22. The molecule has 2 aliphatic heterocycles. The normalized spacial score (nSPS) is 16.3. The quantitative estimate of drug-likeness (QED) is 0.229. The van der Waals surface area contributed by atoms with Crippen LogP contribution in [-0.2, 0) is 19.2 Å². The molecule has 2 saturated heterocycles. The lowest BCUT2D eigenvalue weighted by atomic mass is 10.1. The predicted molar refractivity (Wildman–Crippen MR) is 115 cm³/mol. The van der Waals surface area contributed by atoms with Gasteiger partial charge < -0.3 is 4.74 Å².